The standard InChI is InChI=1S/C10H12BrCl2NO/c1-2-6(15)5-14-8-4-3-7(11)9(12)10(8)13/h3-4,6,14-15H,2,5H2,1H3. The van der Waals surface area contributed by atoms with Gasteiger partial charge in [0, 0.05) is 11.0 Å². The van der Waals surface area contributed by atoms with Crippen molar-refractivity contribution in [3.63, 3.8) is 0 Å². The van der Waals surface area contributed by atoms with Crippen molar-refractivity contribution in [1.82, 2.24) is 0 Å². The lowest BCUT2D eigenvalue weighted by Crippen LogP contribution is -2.18. The monoisotopic (exact) mass is 311 g/mol. The number of halogens is 3. The summed E-state index contributed by atoms with van der Waals surface area (Å²) in [5.74, 6) is 0. The van der Waals surface area contributed by atoms with Crippen LogP contribution >= 0.6 is 39.1 Å². The zero-order valence-electron chi connectivity index (χ0n) is 8.23. The van der Waals surface area contributed by atoms with E-state index < -0.39 is 0 Å². The number of anilines is 1. The Kier molecular flexibility index (Phi) is 5.19. The highest BCUT2D eigenvalue weighted by molar-refractivity contribution is 9.10. The molecule has 1 aromatic carbocycles. The molecule has 0 aliphatic carbocycles. The third-order valence-corrected chi connectivity index (χ3v) is 3.81. The number of rotatable bonds is 4. The van der Waals surface area contributed by atoms with Gasteiger partial charge in [-0.3, -0.25) is 0 Å². The van der Waals surface area contributed by atoms with Gasteiger partial charge in [-0.1, -0.05) is 30.1 Å². The van der Waals surface area contributed by atoms with E-state index >= 15 is 0 Å². The molecule has 0 saturated heterocycles. The fraction of sp³-hybridized carbons (Fsp3) is 0.400. The lowest BCUT2D eigenvalue weighted by molar-refractivity contribution is 0.183. The van der Waals surface area contributed by atoms with Crippen molar-refractivity contribution in [2.45, 2.75) is 19.4 Å². The summed E-state index contributed by atoms with van der Waals surface area (Å²) in [7, 11) is 0. The fourth-order valence-corrected chi connectivity index (χ4v) is 1.88. The van der Waals surface area contributed by atoms with E-state index in [0.29, 0.717) is 23.0 Å². The van der Waals surface area contributed by atoms with Gasteiger partial charge in [0.15, 0.2) is 0 Å². The van der Waals surface area contributed by atoms with Crippen LogP contribution in [0.5, 0.6) is 0 Å². The molecule has 0 amide bonds. The predicted octanol–water partition coefficient (Wildman–Crippen LogP) is 3.94. The molecule has 0 fully saturated rings. The highest BCUT2D eigenvalue weighted by atomic mass is 79.9. The topological polar surface area (TPSA) is 32.3 Å². The molecule has 84 valence electrons. The van der Waals surface area contributed by atoms with Crippen LogP contribution < -0.4 is 5.32 Å². The third-order valence-electron chi connectivity index (χ3n) is 2.03. The molecule has 2 N–H and O–H groups in total. The van der Waals surface area contributed by atoms with Gasteiger partial charge in [0.05, 0.1) is 21.8 Å². The van der Waals surface area contributed by atoms with Crippen LogP contribution in [0.4, 0.5) is 5.69 Å². The van der Waals surface area contributed by atoms with E-state index in [4.69, 9.17) is 23.2 Å². The van der Waals surface area contributed by atoms with Gasteiger partial charge >= 0.3 is 0 Å². The van der Waals surface area contributed by atoms with E-state index in [1.165, 1.54) is 0 Å². The van der Waals surface area contributed by atoms with E-state index in [0.717, 1.165) is 10.2 Å². The van der Waals surface area contributed by atoms with Crippen LogP contribution in [-0.2, 0) is 0 Å². The molecule has 0 radical (unpaired) electrons. The van der Waals surface area contributed by atoms with E-state index in [-0.39, 0.29) is 6.10 Å². The normalized spacial score (nSPS) is 12.6. The lowest BCUT2D eigenvalue weighted by atomic mass is 10.2. The highest BCUT2D eigenvalue weighted by Gasteiger charge is 2.09. The van der Waals surface area contributed by atoms with Crippen molar-refractivity contribution < 1.29 is 5.11 Å². The second kappa shape index (κ2) is 5.94. The van der Waals surface area contributed by atoms with Crippen LogP contribution in [0, 0.1) is 0 Å². The number of benzene rings is 1. The predicted molar refractivity (Wildman–Crippen MR) is 68.9 cm³/mol. The summed E-state index contributed by atoms with van der Waals surface area (Å²) < 4.78 is 0.760. The molecule has 1 unspecified atom stereocenters. The first-order valence-corrected chi connectivity index (χ1v) is 6.16. The second-order valence-electron chi connectivity index (χ2n) is 3.17. The van der Waals surface area contributed by atoms with E-state index in [2.05, 4.69) is 21.2 Å². The summed E-state index contributed by atoms with van der Waals surface area (Å²) >= 11 is 15.3. The number of aliphatic hydroxyl groups excluding tert-OH is 1. The average molecular weight is 313 g/mol. The molecule has 0 aromatic heterocycles. The van der Waals surface area contributed by atoms with Crippen molar-refractivity contribution in [2.24, 2.45) is 0 Å². The van der Waals surface area contributed by atoms with Gasteiger partial charge in [0.2, 0.25) is 0 Å². The number of hydrogen-bond donors (Lipinski definition) is 2. The van der Waals surface area contributed by atoms with Crippen LogP contribution in [0.25, 0.3) is 0 Å². The SMILES string of the molecule is CCC(O)CNc1ccc(Br)c(Cl)c1Cl. The first-order valence-electron chi connectivity index (χ1n) is 4.61. The number of aliphatic hydroxyl groups is 1. The Labute approximate surface area is 108 Å². The van der Waals surface area contributed by atoms with Gasteiger partial charge < -0.3 is 10.4 Å². The molecule has 0 bridgehead atoms. The quantitative estimate of drug-likeness (QED) is 0.825. The van der Waals surface area contributed by atoms with Crippen molar-refractivity contribution >= 4 is 44.8 Å². The molecule has 2 nitrogen and oxygen atoms in total. The van der Waals surface area contributed by atoms with Crippen molar-refractivity contribution in [3.8, 4) is 0 Å². The maximum absolute atomic E-state index is 9.39. The summed E-state index contributed by atoms with van der Waals surface area (Å²) in [6.07, 6.45) is 0.331. The molecule has 1 rings (SSSR count). The zero-order valence-corrected chi connectivity index (χ0v) is 11.3. The molecular weight excluding hydrogens is 301 g/mol. The summed E-state index contributed by atoms with van der Waals surface area (Å²) in [4.78, 5) is 0. The molecular formula is C10H12BrCl2NO. The minimum Gasteiger partial charge on any atom is -0.391 e. The summed E-state index contributed by atoms with van der Waals surface area (Å²) in [5.41, 5.74) is 0.734. The summed E-state index contributed by atoms with van der Waals surface area (Å²) in [6.45, 7) is 2.39. The van der Waals surface area contributed by atoms with E-state index in [1.54, 1.807) is 0 Å². The minimum atomic E-state index is -0.372. The lowest BCUT2D eigenvalue weighted by Gasteiger charge is -2.13. The van der Waals surface area contributed by atoms with Gasteiger partial charge in [-0.15, -0.1) is 0 Å². The molecule has 0 heterocycles. The van der Waals surface area contributed by atoms with Crippen LogP contribution in [-0.4, -0.2) is 17.8 Å². The second-order valence-corrected chi connectivity index (χ2v) is 4.78. The molecule has 1 aromatic rings. The van der Waals surface area contributed by atoms with Gasteiger partial charge in [-0.05, 0) is 34.5 Å². The molecule has 0 saturated carbocycles. The smallest absolute Gasteiger partial charge is 0.0835 e. The van der Waals surface area contributed by atoms with E-state index in [9.17, 15) is 5.11 Å². The number of hydrogen-bond acceptors (Lipinski definition) is 2. The zero-order chi connectivity index (χ0) is 11.4. The Morgan fingerprint density at radius 3 is 2.67 bits per heavy atom. The minimum absolute atomic E-state index is 0.372. The molecule has 5 heteroatoms. The Balaban J connectivity index is 2.74. The fourth-order valence-electron chi connectivity index (χ4n) is 1.03. The first-order chi connectivity index (χ1) is 7.06. The summed E-state index contributed by atoms with van der Waals surface area (Å²) in [5, 5.41) is 13.4. The molecule has 15 heavy (non-hydrogen) atoms. The largest absolute Gasteiger partial charge is 0.391 e. The highest BCUT2D eigenvalue weighted by Crippen LogP contribution is 2.35. The Bertz CT molecular complexity index is 346. The third kappa shape index (κ3) is 3.52. The molecule has 0 aliphatic rings. The van der Waals surface area contributed by atoms with Gasteiger partial charge in [0.25, 0.3) is 0 Å². The first kappa shape index (κ1) is 13.1. The maximum Gasteiger partial charge on any atom is 0.0835 e. The Morgan fingerprint density at radius 1 is 1.40 bits per heavy atom. The molecule has 0 spiro atoms. The molecule has 0 aliphatic heterocycles. The van der Waals surface area contributed by atoms with Crippen LogP contribution in [0.3, 0.4) is 0 Å². The van der Waals surface area contributed by atoms with Gasteiger partial charge in [0.1, 0.15) is 0 Å². The maximum atomic E-state index is 9.39. The van der Waals surface area contributed by atoms with Crippen molar-refractivity contribution in [2.75, 3.05) is 11.9 Å². The summed E-state index contributed by atoms with van der Waals surface area (Å²) in [6, 6.07) is 3.63. The van der Waals surface area contributed by atoms with E-state index in [1.807, 2.05) is 19.1 Å². The molecule has 1 atom stereocenters. The number of nitrogens with one attached hydrogen (secondary N) is 1. The average Bonchev–Trinajstić information content (AvgIpc) is 2.24. The van der Waals surface area contributed by atoms with Crippen LogP contribution in [0.1, 0.15) is 13.3 Å². The van der Waals surface area contributed by atoms with Gasteiger partial charge in [-0.2, -0.15) is 0 Å². The Morgan fingerprint density at radius 2 is 2.07 bits per heavy atom. The van der Waals surface area contributed by atoms with Crippen LogP contribution in [0.2, 0.25) is 10.0 Å². The van der Waals surface area contributed by atoms with Gasteiger partial charge in [-0.25, -0.2) is 0 Å². The van der Waals surface area contributed by atoms with Crippen molar-refractivity contribution in [1.29, 1.82) is 0 Å². The Hall–Kier alpha value is 0.0400. The van der Waals surface area contributed by atoms with Crippen LogP contribution in [0.15, 0.2) is 16.6 Å². The van der Waals surface area contributed by atoms with Crippen molar-refractivity contribution in [3.05, 3.63) is 26.7 Å².